The molecular formula is C18H30N2OS. The van der Waals surface area contributed by atoms with E-state index in [1.54, 1.807) is 0 Å². The van der Waals surface area contributed by atoms with Crippen molar-refractivity contribution in [1.29, 1.82) is 0 Å². The Bertz CT molecular complexity index is 452. The van der Waals surface area contributed by atoms with Gasteiger partial charge in [-0.3, -0.25) is 9.80 Å². The maximum absolute atomic E-state index is 5.48. The third-order valence-electron chi connectivity index (χ3n) is 5.55. The molecule has 0 aromatic carbocycles. The topological polar surface area (TPSA) is 15.7 Å². The van der Waals surface area contributed by atoms with Gasteiger partial charge in [-0.2, -0.15) is 0 Å². The maximum atomic E-state index is 5.48. The van der Waals surface area contributed by atoms with Gasteiger partial charge < -0.3 is 4.74 Å². The van der Waals surface area contributed by atoms with Gasteiger partial charge in [-0.25, -0.2) is 0 Å². The lowest BCUT2D eigenvalue weighted by molar-refractivity contribution is 0.0918. The molecule has 0 radical (unpaired) electrons. The van der Waals surface area contributed by atoms with E-state index in [1.165, 1.54) is 43.8 Å². The van der Waals surface area contributed by atoms with E-state index < -0.39 is 0 Å². The number of likely N-dealkylation sites (tertiary alicyclic amines) is 2. The van der Waals surface area contributed by atoms with Crippen molar-refractivity contribution in [2.45, 2.75) is 51.7 Å². The second-order valence-corrected chi connectivity index (χ2v) is 8.47. The van der Waals surface area contributed by atoms with Gasteiger partial charge in [-0.05, 0) is 63.1 Å². The normalized spacial score (nSPS) is 26.3. The molecule has 1 aromatic rings. The molecule has 3 heterocycles. The number of piperidine rings is 1. The van der Waals surface area contributed by atoms with E-state index in [2.05, 4.69) is 41.2 Å². The Labute approximate surface area is 139 Å². The van der Waals surface area contributed by atoms with Crippen LogP contribution >= 0.6 is 11.3 Å². The summed E-state index contributed by atoms with van der Waals surface area (Å²) in [6, 6.07) is 5.68. The van der Waals surface area contributed by atoms with Crippen molar-refractivity contribution < 1.29 is 4.74 Å². The van der Waals surface area contributed by atoms with Crippen LogP contribution in [-0.2, 0) is 11.3 Å². The summed E-state index contributed by atoms with van der Waals surface area (Å²) in [7, 11) is 1.84. The Hall–Kier alpha value is -0.420. The summed E-state index contributed by atoms with van der Waals surface area (Å²) < 4.78 is 5.48. The van der Waals surface area contributed by atoms with Crippen LogP contribution in [0.1, 0.15) is 38.0 Å². The second-order valence-electron chi connectivity index (χ2n) is 7.43. The first-order chi connectivity index (χ1) is 10.6. The van der Waals surface area contributed by atoms with E-state index in [0.29, 0.717) is 17.5 Å². The van der Waals surface area contributed by atoms with E-state index in [9.17, 15) is 0 Å². The SMILES string of the molecule is COC[C@H]1CC2(CCN(Cc3cccs3)CC2)CN1C(C)C. The fraction of sp³-hybridized carbons (Fsp3) is 0.778. The van der Waals surface area contributed by atoms with E-state index in [4.69, 9.17) is 4.74 Å². The highest BCUT2D eigenvalue weighted by molar-refractivity contribution is 7.09. The van der Waals surface area contributed by atoms with Crippen molar-refractivity contribution in [1.82, 2.24) is 9.80 Å². The van der Waals surface area contributed by atoms with E-state index in [0.717, 1.165) is 13.2 Å². The van der Waals surface area contributed by atoms with Crippen LogP contribution in [0.15, 0.2) is 17.5 Å². The Morgan fingerprint density at radius 2 is 2.14 bits per heavy atom. The van der Waals surface area contributed by atoms with Crippen LogP contribution < -0.4 is 0 Å². The third kappa shape index (κ3) is 3.56. The van der Waals surface area contributed by atoms with Gasteiger partial charge in [-0.1, -0.05) is 6.07 Å². The van der Waals surface area contributed by atoms with Gasteiger partial charge in [0.25, 0.3) is 0 Å². The number of thiophene rings is 1. The van der Waals surface area contributed by atoms with Gasteiger partial charge in [0.1, 0.15) is 0 Å². The summed E-state index contributed by atoms with van der Waals surface area (Å²) in [6.07, 6.45) is 4.02. The van der Waals surface area contributed by atoms with Crippen molar-refractivity contribution in [2.75, 3.05) is 33.4 Å². The first kappa shape index (κ1) is 16.4. The monoisotopic (exact) mass is 322 g/mol. The molecule has 3 nitrogen and oxygen atoms in total. The Morgan fingerprint density at radius 3 is 2.73 bits per heavy atom. The molecule has 0 bridgehead atoms. The minimum Gasteiger partial charge on any atom is -0.383 e. The Balaban J connectivity index is 1.57. The molecule has 0 N–H and O–H groups in total. The lowest BCUT2D eigenvalue weighted by atomic mass is 9.76. The Morgan fingerprint density at radius 1 is 1.36 bits per heavy atom. The average molecular weight is 323 g/mol. The van der Waals surface area contributed by atoms with Crippen LogP contribution in [0.2, 0.25) is 0 Å². The minimum atomic E-state index is 0.541. The highest BCUT2D eigenvalue weighted by Gasteiger charge is 2.45. The van der Waals surface area contributed by atoms with Crippen molar-refractivity contribution in [3.63, 3.8) is 0 Å². The molecule has 124 valence electrons. The van der Waals surface area contributed by atoms with Crippen LogP contribution in [0, 0.1) is 5.41 Å². The Kier molecular flexibility index (Phi) is 5.23. The molecule has 4 heteroatoms. The number of ether oxygens (including phenoxy) is 1. The van der Waals surface area contributed by atoms with Crippen molar-refractivity contribution in [3.8, 4) is 0 Å². The van der Waals surface area contributed by atoms with E-state index in [-0.39, 0.29) is 0 Å². The summed E-state index contributed by atoms with van der Waals surface area (Å²) in [6.45, 7) is 10.5. The first-order valence-corrected chi connectivity index (χ1v) is 9.49. The average Bonchev–Trinajstić information content (AvgIpc) is 3.11. The first-order valence-electron chi connectivity index (χ1n) is 8.61. The molecule has 0 unspecified atom stereocenters. The van der Waals surface area contributed by atoms with Crippen molar-refractivity contribution in [2.24, 2.45) is 5.41 Å². The van der Waals surface area contributed by atoms with Gasteiger partial charge in [0.05, 0.1) is 6.61 Å². The summed E-state index contributed by atoms with van der Waals surface area (Å²) in [4.78, 5) is 6.82. The van der Waals surface area contributed by atoms with Crippen molar-refractivity contribution in [3.05, 3.63) is 22.4 Å². The van der Waals surface area contributed by atoms with Gasteiger partial charge in [0.2, 0.25) is 0 Å². The predicted octanol–water partition coefficient (Wildman–Crippen LogP) is 3.46. The fourth-order valence-electron chi connectivity index (χ4n) is 4.32. The van der Waals surface area contributed by atoms with Gasteiger partial charge in [0, 0.05) is 37.2 Å². The van der Waals surface area contributed by atoms with Crippen LogP contribution in [0.5, 0.6) is 0 Å². The second kappa shape index (κ2) is 7.00. The highest BCUT2D eigenvalue weighted by Crippen LogP contribution is 2.44. The molecule has 2 saturated heterocycles. The summed E-state index contributed by atoms with van der Waals surface area (Å²) >= 11 is 1.89. The number of methoxy groups -OCH3 is 1. The highest BCUT2D eigenvalue weighted by atomic mass is 32.1. The van der Waals surface area contributed by atoms with Crippen LogP contribution in [-0.4, -0.2) is 55.2 Å². The summed E-state index contributed by atoms with van der Waals surface area (Å²) in [5.74, 6) is 0. The molecule has 1 aromatic heterocycles. The number of hydrogen-bond acceptors (Lipinski definition) is 4. The molecule has 1 atom stereocenters. The smallest absolute Gasteiger partial charge is 0.0618 e. The largest absolute Gasteiger partial charge is 0.383 e. The maximum Gasteiger partial charge on any atom is 0.0618 e. The molecule has 3 rings (SSSR count). The van der Waals surface area contributed by atoms with Gasteiger partial charge in [-0.15, -0.1) is 11.3 Å². The zero-order chi connectivity index (χ0) is 15.6. The van der Waals surface area contributed by atoms with E-state index >= 15 is 0 Å². The lowest BCUT2D eigenvalue weighted by Gasteiger charge is -2.39. The van der Waals surface area contributed by atoms with Crippen LogP contribution in [0.25, 0.3) is 0 Å². The van der Waals surface area contributed by atoms with Gasteiger partial charge in [0.15, 0.2) is 0 Å². The molecule has 0 saturated carbocycles. The summed E-state index contributed by atoms with van der Waals surface area (Å²) in [5.41, 5.74) is 0.541. The predicted molar refractivity (Wildman–Crippen MR) is 93.4 cm³/mol. The summed E-state index contributed by atoms with van der Waals surface area (Å²) in [5, 5.41) is 2.19. The molecule has 2 aliphatic rings. The zero-order valence-corrected chi connectivity index (χ0v) is 15.1. The van der Waals surface area contributed by atoms with Gasteiger partial charge >= 0.3 is 0 Å². The quantitative estimate of drug-likeness (QED) is 0.826. The third-order valence-corrected chi connectivity index (χ3v) is 6.42. The van der Waals surface area contributed by atoms with Crippen molar-refractivity contribution >= 4 is 11.3 Å². The molecular weight excluding hydrogens is 292 g/mol. The molecule has 0 amide bonds. The lowest BCUT2D eigenvalue weighted by Crippen LogP contribution is -2.42. The molecule has 22 heavy (non-hydrogen) atoms. The number of hydrogen-bond donors (Lipinski definition) is 0. The number of rotatable bonds is 5. The molecule has 1 spiro atoms. The van der Waals surface area contributed by atoms with E-state index in [1.807, 2.05) is 18.4 Å². The van der Waals surface area contributed by atoms with Crippen LogP contribution in [0.3, 0.4) is 0 Å². The molecule has 2 aliphatic heterocycles. The number of nitrogens with zero attached hydrogens (tertiary/aromatic N) is 2. The fourth-order valence-corrected chi connectivity index (χ4v) is 5.07. The zero-order valence-electron chi connectivity index (χ0n) is 14.3. The standard InChI is InChI=1S/C18H30N2OS/c1-15(2)20-14-18(11-16(20)13-21-3)6-8-19(9-7-18)12-17-5-4-10-22-17/h4-5,10,15-16H,6-9,11-14H2,1-3H3/t16-/m1/s1. The minimum absolute atomic E-state index is 0.541. The van der Waals surface area contributed by atoms with Crippen LogP contribution in [0.4, 0.5) is 0 Å². The molecule has 0 aliphatic carbocycles. The molecule has 2 fully saturated rings.